The predicted molar refractivity (Wildman–Crippen MR) is 81.7 cm³/mol. The highest BCUT2D eigenvalue weighted by molar-refractivity contribution is 6.31. The van der Waals surface area contributed by atoms with Gasteiger partial charge in [0.2, 0.25) is 5.91 Å². The van der Waals surface area contributed by atoms with Crippen LogP contribution in [0.25, 0.3) is 0 Å². The van der Waals surface area contributed by atoms with Crippen LogP contribution in [-0.2, 0) is 11.3 Å². The highest BCUT2D eigenvalue weighted by Crippen LogP contribution is 2.27. The summed E-state index contributed by atoms with van der Waals surface area (Å²) in [6, 6.07) is 8.77. The topological polar surface area (TPSA) is 54.7 Å². The zero-order chi connectivity index (χ0) is 15.2. The van der Waals surface area contributed by atoms with Gasteiger partial charge in [0.1, 0.15) is 11.5 Å². The van der Waals surface area contributed by atoms with E-state index in [0.717, 1.165) is 5.76 Å². The highest BCUT2D eigenvalue weighted by Gasteiger charge is 2.11. The molecule has 1 N–H and O–H groups in total. The maximum absolute atomic E-state index is 12.0. The molecule has 6 heteroatoms. The summed E-state index contributed by atoms with van der Waals surface area (Å²) in [6.07, 6.45) is 1.61. The smallest absolute Gasteiger partial charge is 0.238 e. The summed E-state index contributed by atoms with van der Waals surface area (Å²) < 4.78 is 10.4. The highest BCUT2D eigenvalue weighted by atomic mass is 35.5. The van der Waals surface area contributed by atoms with E-state index in [1.165, 1.54) is 0 Å². The van der Waals surface area contributed by atoms with Crippen LogP contribution in [0.4, 0.5) is 5.69 Å². The number of hydrogen-bond donors (Lipinski definition) is 1. The van der Waals surface area contributed by atoms with Gasteiger partial charge in [0.05, 0.1) is 32.1 Å². The fraction of sp³-hybridized carbons (Fsp3) is 0.267. The average molecular weight is 309 g/mol. The Morgan fingerprint density at radius 3 is 2.90 bits per heavy atom. The lowest BCUT2D eigenvalue weighted by Crippen LogP contribution is -2.29. The Bertz CT molecular complexity index is 599. The minimum absolute atomic E-state index is 0.148. The van der Waals surface area contributed by atoms with Crippen LogP contribution < -0.4 is 10.1 Å². The first-order valence-corrected chi connectivity index (χ1v) is 6.80. The van der Waals surface area contributed by atoms with Gasteiger partial charge in [-0.3, -0.25) is 9.69 Å². The minimum Gasteiger partial charge on any atom is -0.495 e. The van der Waals surface area contributed by atoms with Crippen molar-refractivity contribution in [2.24, 2.45) is 0 Å². The van der Waals surface area contributed by atoms with E-state index >= 15 is 0 Å². The Labute approximate surface area is 128 Å². The van der Waals surface area contributed by atoms with Gasteiger partial charge >= 0.3 is 0 Å². The molecule has 1 aromatic heterocycles. The van der Waals surface area contributed by atoms with Crippen molar-refractivity contribution < 1.29 is 13.9 Å². The van der Waals surface area contributed by atoms with E-state index in [-0.39, 0.29) is 12.5 Å². The van der Waals surface area contributed by atoms with E-state index in [0.29, 0.717) is 23.0 Å². The van der Waals surface area contributed by atoms with Crippen molar-refractivity contribution in [3.05, 3.63) is 47.4 Å². The number of rotatable bonds is 6. The summed E-state index contributed by atoms with van der Waals surface area (Å²) in [7, 11) is 3.39. The van der Waals surface area contributed by atoms with Gasteiger partial charge in [-0.25, -0.2) is 0 Å². The van der Waals surface area contributed by atoms with Crippen LogP contribution in [0.15, 0.2) is 41.0 Å². The molecule has 0 aliphatic carbocycles. The van der Waals surface area contributed by atoms with Gasteiger partial charge in [0, 0.05) is 5.02 Å². The summed E-state index contributed by atoms with van der Waals surface area (Å²) in [6.45, 7) is 0.795. The van der Waals surface area contributed by atoms with Crippen LogP contribution >= 0.6 is 11.6 Å². The fourth-order valence-corrected chi connectivity index (χ4v) is 2.11. The van der Waals surface area contributed by atoms with E-state index in [1.54, 1.807) is 31.6 Å². The first-order valence-electron chi connectivity index (χ1n) is 6.43. The van der Waals surface area contributed by atoms with Gasteiger partial charge in [-0.15, -0.1) is 0 Å². The van der Waals surface area contributed by atoms with Crippen LogP contribution in [0, 0.1) is 0 Å². The van der Waals surface area contributed by atoms with Crippen LogP contribution in [0.1, 0.15) is 5.76 Å². The summed E-state index contributed by atoms with van der Waals surface area (Å²) in [5.74, 6) is 1.23. The molecule has 0 radical (unpaired) electrons. The number of halogens is 1. The van der Waals surface area contributed by atoms with Gasteiger partial charge in [0.25, 0.3) is 0 Å². The number of methoxy groups -OCH3 is 1. The van der Waals surface area contributed by atoms with Gasteiger partial charge in [-0.05, 0) is 37.4 Å². The number of ether oxygens (including phenoxy) is 1. The molecular formula is C15H17ClN2O3. The van der Waals surface area contributed by atoms with E-state index in [4.69, 9.17) is 20.8 Å². The molecule has 0 saturated carbocycles. The molecule has 0 aliphatic rings. The maximum Gasteiger partial charge on any atom is 0.238 e. The SMILES string of the molecule is COc1ccc(Cl)cc1NC(=O)CN(C)Cc1ccco1. The van der Waals surface area contributed by atoms with Crippen molar-refractivity contribution in [2.45, 2.75) is 6.54 Å². The molecule has 5 nitrogen and oxygen atoms in total. The molecule has 0 aliphatic heterocycles. The number of benzene rings is 1. The Morgan fingerprint density at radius 2 is 2.24 bits per heavy atom. The lowest BCUT2D eigenvalue weighted by Gasteiger charge is -2.16. The monoisotopic (exact) mass is 308 g/mol. The van der Waals surface area contributed by atoms with Crippen molar-refractivity contribution in [3.8, 4) is 5.75 Å². The molecule has 0 unspecified atom stereocenters. The summed E-state index contributed by atoms with van der Waals surface area (Å²) in [5, 5.41) is 3.33. The first kappa shape index (κ1) is 15.4. The minimum atomic E-state index is -0.148. The molecule has 0 saturated heterocycles. The van der Waals surface area contributed by atoms with E-state index < -0.39 is 0 Å². The number of hydrogen-bond acceptors (Lipinski definition) is 4. The van der Waals surface area contributed by atoms with E-state index in [1.807, 2.05) is 24.1 Å². The van der Waals surface area contributed by atoms with E-state index in [2.05, 4.69) is 5.32 Å². The van der Waals surface area contributed by atoms with Crippen LogP contribution in [0.2, 0.25) is 5.02 Å². The molecule has 1 amide bonds. The summed E-state index contributed by atoms with van der Waals surface area (Å²) in [5.41, 5.74) is 0.557. The number of furan rings is 1. The van der Waals surface area contributed by atoms with Crippen molar-refractivity contribution >= 4 is 23.2 Å². The number of nitrogens with one attached hydrogen (secondary N) is 1. The molecule has 0 spiro atoms. The zero-order valence-corrected chi connectivity index (χ0v) is 12.7. The second kappa shape index (κ2) is 7.15. The number of anilines is 1. The van der Waals surface area contributed by atoms with Crippen molar-refractivity contribution in [1.82, 2.24) is 4.90 Å². The van der Waals surface area contributed by atoms with Crippen LogP contribution in [-0.4, -0.2) is 31.5 Å². The van der Waals surface area contributed by atoms with Crippen molar-refractivity contribution in [1.29, 1.82) is 0 Å². The quantitative estimate of drug-likeness (QED) is 0.891. The molecule has 0 fully saturated rings. The molecule has 21 heavy (non-hydrogen) atoms. The van der Waals surface area contributed by atoms with Crippen molar-refractivity contribution in [3.63, 3.8) is 0 Å². The molecule has 0 atom stereocenters. The Kier molecular flexibility index (Phi) is 5.25. The summed E-state index contributed by atoms with van der Waals surface area (Å²) in [4.78, 5) is 13.9. The fourth-order valence-electron chi connectivity index (χ4n) is 1.94. The van der Waals surface area contributed by atoms with Crippen LogP contribution in [0.5, 0.6) is 5.75 Å². The lowest BCUT2D eigenvalue weighted by molar-refractivity contribution is -0.117. The molecule has 0 bridgehead atoms. The predicted octanol–water partition coefficient (Wildman–Crippen LogP) is 3.01. The third kappa shape index (κ3) is 4.51. The third-order valence-electron chi connectivity index (χ3n) is 2.85. The maximum atomic E-state index is 12.0. The Morgan fingerprint density at radius 1 is 1.43 bits per heavy atom. The largest absolute Gasteiger partial charge is 0.495 e. The van der Waals surface area contributed by atoms with E-state index in [9.17, 15) is 4.79 Å². The molecular weight excluding hydrogens is 292 g/mol. The number of nitrogens with zero attached hydrogens (tertiary/aromatic N) is 1. The molecule has 2 rings (SSSR count). The third-order valence-corrected chi connectivity index (χ3v) is 3.09. The van der Waals surface area contributed by atoms with Gasteiger partial charge in [-0.2, -0.15) is 0 Å². The Hall–Kier alpha value is -1.98. The van der Waals surface area contributed by atoms with Gasteiger partial charge in [0.15, 0.2) is 0 Å². The van der Waals surface area contributed by atoms with Gasteiger partial charge < -0.3 is 14.5 Å². The van der Waals surface area contributed by atoms with Crippen molar-refractivity contribution in [2.75, 3.05) is 26.0 Å². The number of likely N-dealkylation sites (N-methyl/N-ethyl adjacent to an activating group) is 1. The second-order valence-corrected chi connectivity index (χ2v) is 5.08. The molecule has 1 heterocycles. The molecule has 112 valence electrons. The molecule has 1 aromatic carbocycles. The second-order valence-electron chi connectivity index (χ2n) is 4.64. The number of carbonyl (C=O) groups excluding carboxylic acids is 1. The standard InChI is InChI=1S/C15H17ClN2O3/c1-18(9-12-4-3-7-21-12)10-15(19)17-13-8-11(16)5-6-14(13)20-2/h3-8H,9-10H2,1-2H3,(H,17,19). The molecule has 2 aromatic rings. The van der Waals surface area contributed by atoms with Gasteiger partial charge in [-0.1, -0.05) is 11.6 Å². The summed E-state index contributed by atoms with van der Waals surface area (Å²) >= 11 is 5.93. The van der Waals surface area contributed by atoms with Crippen LogP contribution in [0.3, 0.4) is 0 Å². The lowest BCUT2D eigenvalue weighted by atomic mass is 10.3. The average Bonchev–Trinajstić information content (AvgIpc) is 2.91. The number of amides is 1. The normalized spacial score (nSPS) is 10.7. The number of carbonyl (C=O) groups is 1. The Balaban J connectivity index is 1.93. The first-order chi connectivity index (χ1) is 10.1. The zero-order valence-electron chi connectivity index (χ0n) is 11.9.